The van der Waals surface area contributed by atoms with E-state index < -0.39 is 0 Å². The normalized spacial score (nSPS) is 11.1. The third-order valence-electron chi connectivity index (χ3n) is 4.43. The maximum atomic E-state index is 11.7. The Morgan fingerprint density at radius 3 is 1.62 bits per heavy atom. The van der Waals surface area contributed by atoms with Crippen molar-refractivity contribution in [3.8, 4) is 0 Å². The van der Waals surface area contributed by atoms with E-state index in [1.54, 1.807) is 0 Å². The van der Waals surface area contributed by atoms with Crippen molar-refractivity contribution >= 4 is 5.91 Å². The van der Waals surface area contributed by atoms with Crippen molar-refractivity contribution in [2.24, 2.45) is 0 Å². The van der Waals surface area contributed by atoms with Gasteiger partial charge in [-0.1, -0.05) is 58.3 Å². The van der Waals surface area contributed by atoms with Crippen molar-refractivity contribution in [2.45, 2.75) is 71.1 Å². The molecule has 0 aliphatic heterocycles. The summed E-state index contributed by atoms with van der Waals surface area (Å²) < 4.78 is 21.2. The molecular formula is C22H45NO6. The maximum absolute atomic E-state index is 11.7. The summed E-state index contributed by atoms with van der Waals surface area (Å²) in [5, 5.41) is 11.4. The predicted molar refractivity (Wildman–Crippen MR) is 115 cm³/mol. The zero-order valence-electron chi connectivity index (χ0n) is 18.6. The number of carbonyl (C=O) groups is 1. The Hall–Kier alpha value is -0.730. The third-order valence-corrected chi connectivity index (χ3v) is 4.43. The van der Waals surface area contributed by atoms with Gasteiger partial charge in [-0.15, -0.1) is 0 Å². The third kappa shape index (κ3) is 25.2. The second kappa shape index (κ2) is 25.3. The van der Waals surface area contributed by atoms with Crippen molar-refractivity contribution in [3.63, 3.8) is 0 Å². The fourth-order valence-electron chi connectivity index (χ4n) is 2.77. The van der Waals surface area contributed by atoms with Crippen LogP contribution in [0.2, 0.25) is 0 Å². The van der Waals surface area contributed by atoms with Gasteiger partial charge in [0.1, 0.15) is 0 Å². The van der Waals surface area contributed by atoms with Gasteiger partial charge in [-0.05, 0) is 6.42 Å². The van der Waals surface area contributed by atoms with E-state index in [1.807, 2.05) is 0 Å². The molecule has 7 nitrogen and oxygen atoms in total. The van der Waals surface area contributed by atoms with Crippen LogP contribution >= 0.6 is 0 Å². The molecule has 2 N–H and O–H groups in total. The summed E-state index contributed by atoms with van der Waals surface area (Å²) in [6.07, 6.45) is 12.0. The zero-order valence-corrected chi connectivity index (χ0v) is 18.6. The lowest BCUT2D eigenvalue weighted by Crippen LogP contribution is -2.27. The predicted octanol–water partition coefficient (Wildman–Crippen LogP) is 3.08. The topological polar surface area (TPSA) is 86.3 Å². The largest absolute Gasteiger partial charge is 0.394 e. The maximum Gasteiger partial charge on any atom is 0.220 e. The number of ether oxygens (including phenoxy) is 4. The lowest BCUT2D eigenvalue weighted by Gasteiger charge is -2.08. The smallest absolute Gasteiger partial charge is 0.220 e. The molecule has 0 fully saturated rings. The number of aliphatic hydroxyl groups is 1. The SMILES string of the molecule is CCCCCCCCCCCC(=O)NCCOCCOCCOCCOCCO. The summed E-state index contributed by atoms with van der Waals surface area (Å²) in [4.78, 5) is 11.7. The van der Waals surface area contributed by atoms with Crippen molar-refractivity contribution < 1.29 is 28.8 Å². The summed E-state index contributed by atoms with van der Waals surface area (Å²) in [5.74, 6) is 0.118. The van der Waals surface area contributed by atoms with E-state index in [2.05, 4.69) is 12.2 Å². The lowest BCUT2D eigenvalue weighted by atomic mass is 10.1. The van der Waals surface area contributed by atoms with E-state index in [0.29, 0.717) is 65.8 Å². The number of nitrogens with one attached hydrogen (secondary N) is 1. The fraction of sp³-hybridized carbons (Fsp3) is 0.955. The van der Waals surface area contributed by atoms with Crippen LogP contribution in [0.15, 0.2) is 0 Å². The minimum Gasteiger partial charge on any atom is -0.394 e. The summed E-state index contributed by atoms with van der Waals surface area (Å²) >= 11 is 0. The summed E-state index contributed by atoms with van der Waals surface area (Å²) in [7, 11) is 0. The molecule has 1 amide bonds. The van der Waals surface area contributed by atoms with Gasteiger partial charge in [-0.25, -0.2) is 0 Å². The van der Waals surface area contributed by atoms with Gasteiger partial charge in [-0.2, -0.15) is 0 Å². The van der Waals surface area contributed by atoms with Crippen molar-refractivity contribution in [1.29, 1.82) is 0 Å². The molecular weight excluding hydrogens is 374 g/mol. The fourth-order valence-corrected chi connectivity index (χ4v) is 2.77. The van der Waals surface area contributed by atoms with E-state index in [-0.39, 0.29) is 12.5 Å². The van der Waals surface area contributed by atoms with E-state index >= 15 is 0 Å². The van der Waals surface area contributed by atoms with Gasteiger partial charge in [0.2, 0.25) is 5.91 Å². The van der Waals surface area contributed by atoms with Crippen LogP contribution in [0.4, 0.5) is 0 Å². The molecule has 0 spiro atoms. The van der Waals surface area contributed by atoms with Crippen LogP contribution in [-0.4, -0.2) is 77.0 Å². The van der Waals surface area contributed by atoms with Gasteiger partial charge in [0.05, 0.1) is 59.5 Å². The number of hydrogen-bond acceptors (Lipinski definition) is 6. The van der Waals surface area contributed by atoms with E-state index in [1.165, 1.54) is 44.9 Å². The molecule has 29 heavy (non-hydrogen) atoms. The molecule has 0 aromatic heterocycles. The highest BCUT2D eigenvalue weighted by molar-refractivity contribution is 5.75. The first-order valence-corrected chi connectivity index (χ1v) is 11.5. The monoisotopic (exact) mass is 419 g/mol. The summed E-state index contributed by atoms with van der Waals surface area (Å²) in [5.41, 5.74) is 0. The Kier molecular flexibility index (Phi) is 24.7. The van der Waals surface area contributed by atoms with Crippen LogP contribution in [0.25, 0.3) is 0 Å². The Morgan fingerprint density at radius 2 is 1.10 bits per heavy atom. The first kappa shape index (κ1) is 28.3. The molecule has 7 heteroatoms. The summed E-state index contributed by atoms with van der Waals surface area (Å²) in [6.45, 7) is 6.70. The standard InChI is InChI=1S/C22H45NO6/c1-2-3-4-5-6-7-8-9-10-11-22(25)23-12-14-26-16-18-28-20-21-29-19-17-27-15-13-24/h24H,2-21H2,1H3,(H,23,25). The van der Waals surface area contributed by atoms with Gasteiger partial charge >= 0.3 is 0 Å². The molecule has 0 rings (SSSR count). The highest BCUT2D eigenvalue weighted by Gasteiger charge is 2.00. The van der Waals surface area contributed by atoms with Crippen molar-refractivity contribution in [2.75, 3.05) is 66.0 Å². The summed E-state index contributed by atoms with van der Waals surface area (Å²) in [6, 6.07) is 0. The number of unbranched alkanes of at least 4 members (excludes halogenated alkanes) is 8. The average molecular weight is 420 g/mol. The molecule has 0 atom stereocenters. The highest BCUT2D eigenvalue weighted by atomic mass is 16.6. The van der Waals surface area contributed by atoms with Crippen LogP contribution in [0.1, 0.15) is 71.1 Å². The Balaban J connectivity index is 3.13. The highest BCUT2D eigenvalue weighted by Crippen LogP contribution is 2.10. The molecule has 0 heterocycles. The van der Waals surface area contributed by atoms with E-state index in [4.69, 9.17) is 24.1 Å². The van der Waals surface area contributed by atoms with Gasteiger partial charge in [0.15, 0.2) is 0 Å². The number of hydrogen-bond donors (Lipinski definition) is 2. The number of rotatable bonds is 24. The molecule has 0 unspecified atom stereocenters. The number of amides is 1. The minimum atomic E-state index is 0.0338. The lowest BCUT2D eigenvalue weighted by molar-refractivity contribution is -0.121. The first-order valence-electron chi connectivity index (χ1n) is 11.5. The quantitative estimate of drug-likeness (QED) is 0.234. The van der Waals surface area contributed by atoms with Crippen LogP contribution < -0.4 is 5.32 Å². The van der Waals surface area contributed by atoms with Crippen molar-refractivity contribution in [1.82, 2.24) is 5.32 Å². The molecule has 0 aromatic carbocycles. The molecule has 0 bridgehead atoms. The Labute approximate surface area is 177 Å². The number of carbonyl (C=O) groups excluding carboxylic acids is 1. The van der Waals surface area contributed by atoms with Gasteiger partial charge in [-0.3, -0.25) is 4.79 Å². The second-order valence-electron chi connectivity index (χ2n) is 7.10. The molecule has 0 saturated heterocycles. The van der Waals surface area contributed by atoms with Gasteiger partial charge in [0.25, 0.3) is 0 Å². The molecule has 0 saturated carbocycles. The van der Waals surface area contributed by atoms with E-state index in [9.17, 15) is 4.79 Å². The number of aliphatic hydroxyl groups excluding tert-OH is 1. The molecule has 174 valence electrons. The first-order chi connectivity index (χ1) is 14.3. The second-order valence-corrected chi connectivity index (χ2v) is 7.10. The van der Waals surface area contributed by atoms with Crippen LogP contribution in [0, 0.1) is 0 Å². The van der Waals surface area contributed by atoms with Gasteiger partial charge in [0, 0.05) is 13.0 Å². The van der Waals surface area contributed by atoms with Gasteiger partial charge < -0.3 is 29.4 Å². The minimum absolute atomic E-state index is 0.0338. The zero-order chi connectivity index (χ0) is 21.3. The average Bonchev–Trinajstić information content (AvgIpc) is 2.72. The molecule has 0 aliphatic rings. The van der Waals surface area contributed by atoms with Crippen LogP contribution in [0.3, 0.4) is 0 Å². The van der Waals surface area contributed by atoms with Crippen LogP contribution in [-0.2, 0) is 23.7 Å². The molecule has 0 aromatic rings. The van der Waals surface area contributed by atoms with Crippen LogP contribution in [0.5, 0.6) is 0 Å². The Bertz CT molecular complexity index is 330. The van der Waals surface area contributed by atoms with Crippen molar-refractivity contribution in [3.05, 3.63) is 0 Å². The van der Waals surface area contributed by atoms with E-state index in [0.717, 1.165) is 12.8 Å². The molecule has 0 radical (unpaired) electrons. The Morgan fingerprint density at radius 1 is 0.655 bits per heavy atom. The molecule has 0 aliphatic carbocycles.